The Kier molecular flexibility index (Phi) is 4.17. The van der Waals surface area contributed by atoms with E-state index in [-0.39, 0.29) is 6.04 Å². The SMILES string of the molecule is NCc1ccc(N(C2CC2)S(=O)(=O)N2CCOCC2)cc1. The monoisotopic (exact) mass is 311 g/mol. The lowest BCUT2D eigenvalue weighted by molar-refractivity contribution is 0.0729. The Balaban J connectivity index is 1.89. The van der Waals surface area contributed by atoms with Crippen LogP contribution in [0.5, 0.6) is 0 Å². The van der Waals surface area contributed by atoms with Gasteiger partial charge < -0.3 is 10.5 Å². The van der Waals surface area contributed by atoms with Crippen LogP contribution in [-0.2, 0) is 21.5 Å². The van der Waals surface area contributed by atoms with E-state index < -0.39 is 10.2 Å². The minimum Gasteiger partial charge on any atom is -0.379 e. The Morgan fingerprint density at radius 3 is 2.33 bits per heavy atom. The molecule has 1 aliphatic carbocycles. The second-order valence-electron chi connectivity index (χ2n) is 5.42. The van der Waals surface area contributed by atoms with E-state index in [0.717, 1.165) is 24.1 Å². The molecule has 3 rings (SSSR count). The van der Waals surface area contributed by atoms with Gasteiger partial charge in [0.2, 0.25) is 0 Å². The summed E-state index contributed by atoms with van der Waals surface area (Å²) < 4.78 is 34.1. The van der Waals surface area contributed by atoms with Crippen molar-refractivity contribution in [1.29, 1.82) is 0 Å². The summed E-state index contributed by atoms with van der Waals surface area (Å²) in [7, 11) is -3.48. The predicted molar refractivity (Wildman–Crippen MR) is 81.1 cm³/mol. The number of morpholine rings is 1. The second-order valence-corrected chi connectivity index (χ2v) is 7.22. The maximum Gasteiger partial charge on any atom is 0.304 e. The summed E-state index contributed by atoms with van der Waals surface area (Å²) in [5.41, 5.74) is 7.32. The molecule has 1 heterocycles. The summed E-state index contributed by atoms with van der Waals surface area (Å²) in [5.74, 6) is 0. The van der Waals surface area contributed by atoms with E-state index in [1.807, 2.05) is 24.3 Å². The molecule has 1 aromatic carbocycles. The van der Waals surface area contributed by atoms with Crippen LogP contribution in [0, 0.1) is 0 Å². The highest BCUT2D eigenvalue weighted by atomic mass is 32.2. The Hall–Kier alpha value is -1.15. The molecule has 2 aliphatic rings. The van der Waals surface area contributed by atoms with E-state index in [1.54, 1.807) is 4.31 Å². The molecule has 1 saturated carbocycles. The number of nitrogens with two attached hydrogens (primary N) is 1. The lowest BCUT2D eigenvalue weighted by atomic mass is 10.2. The van der Waals surface area contributed by atoms with Gasteiger partial charge in [-0.2, -0.15) is 12.7 Å². The normalized spacial score (nSPS) is 20.4. The van der Waals surface area contributed by atoms with Crippen LogP contribution in [0.2, 0.25) is 0 Å². The average Bonchev–Trinajstić information content (AvgIpc) is 3.33. The van der Waals surface area contributed by atoms with Gasteiger partial charge in [-0.3, -0.25) is 4.31 Å². The topological polar surface area (TPSA) is 75.9 Å². The minimum atomic E-state index is -3.48. The smallest absolute Gasteiger partial charge is 0.304 e. The summed E-state index contributed by atoms with van der Waals surface area (Å²) >= 11 is 0. The lowest BCUT2D eigenvalue weighted by Crippen LogP contribution is -2.49. The van der Waals surface area contributed by atoms with Crippen LogP contribution in [-0.4, -0.2) is 45.1 Å². The van der Waals surface area contributed by atoms with Gasteiger partial charge in [0.25, 0.3) is 0 Å². The maximum absolute atomic E-state index is 12.9. The standard InChI is InChI=1S/C14H21N3O3S/c15-11-12-1-3-13(4-2-12)17(14-5-6-14)21(18,19)16-7-9-20-10-8-16/h1-4,14H,5-11,15H2. The third-order valence-electron chi connectivity index (χ3n) is 3.85. The van der Waals surface area contributed by atoms with Gasteiger partial charge >= 0.3 is 10.2 Å². The number of ether oxygens (including phenoxy) is 1. The van der Waals surface area contributed by atoms with Crippen LogP contribution >= 0.6 is 0 Å². The lowest BCUT2D eigenvalue weighted by Gasteiger charge is -2.33. The van der Waals surface area contributed by atoms with Gasteiger partial charge in [-0.05, 0) is 30.5 Å². The average molecular weight is 311 g/mol. The van der Waals surface area contributed by atoms with Crippen LogP contribution in [0.1, 0.15) is 18.4 Å². The Bertz CT molecular complexity index is 578. The first-order chi connectivity index (χ1) is 10.1. The van der Waals surface area contributed by atoms with Crippen molar-refractivity contribution in [3.8, 4) is 0 Å². The van der Waals surface area contributed by atoms with Crippen molar-refractivity contribution in [2.45, 2.75) is 25.4 Å². The van der Waals surface area contributed by atoms with Crippen molar-refractivity contribution in [2.24, 2.45) is 5.73 Å². The predicted octanol–water partition coefficient (Wildman–Crippen LogP) is 0.691. The summed E-state index contributed by atoms with van der Waals surface area (Å²) in [5, 5.41) is 0. The van der Waals surface area contributed by atoms with E-state index in [2.05, 4.69) is 0 Å². The maximum atomic E-state index is 12.9. The van der Waals surface area contributed by atoms with E-state index in [0.29, 0.717) is 32.8 Å². The third-order valence-corrected chi connectivity index (χ3v) is 5.87. The molecule has 21 heavy (non-hydrogen) atoms. The molecule has 0 spiro atoms. The Labute approximate surface area is 125 Å². The van der Waals surface area contributed by atoms with Gasteiger partial charge in [0, 0.05) is 25.7 Å². The van der Waals surface area contributed by atoms with E-state index in [9.17, 15) is 8.42 Å². The molecular weight excluding hydrogens is 290 g/mol. The number of benzene rings is 1. The minimum absolute atomic E-state index is 0.0848. The first kappa shape index (κ1) is 14.8. The zero-order chi connectivity index (χ0) is 14.9. The molecule has 1 aliphatic heterocycles. The fraction of sp³-hybridized carbons (Fsp3) is 0.571. The third kappa shape index (κ3) is 3.06. The largest absolute Gasteiger partial charge is 0.379 e. The fourth-order valence-corrected chi connectivity index (χ4v) is 4.36. The number of hydrogen-bond donors (Lipinski definition) is 1. The first-order valence-corrected chi connectivity index (χ1v) is 8.69. The number of nitrogens with zero attached hydrogens (tertiary/aromatic N) is 2. The summed E-state index contributed by atoms with van der Waals surface area (Å²) in [6.07, 6.45) is 1.84. The summed E-state index contributed by atoms with van der Waals surface area (Å²) in [6.45, 7) is 2.23. The highest BCUT2D eigenvalue weighted by Gasteiger charge is 2.40. The van der Waals surface area contributed by atoms with Crippen molar-refractivity contribution >= 4 is 15.9 Å². The quantitative estimate of drug-likeness (QED) is 0.868. The van der Waals surface area contributed by atoms with Gasteiger partial charge in [0.15, 0.2) is 0 Å². The van der Waals surface area contributed by atoms with Crippen LogP contribution in [0.25, 0.3) is 0 Å². The van der Waals surface area contributed by atoms with E-state index in [4.69, 9.17) is 10.5 Å². The molecule has 0 radical (unpaired) electrons. The van der Waals surface area contributed by atoms with Gasteiger partial charge in [-0.15, -0.1) is 0 Å². The summed E-state index contributed by atoms with van der Waals surface area (Å²) in [4.78, 5) is 0. The molecule has 0 atom stereocenters. The highest BCUT2D eigenvalue weighted by molar-refractivity contribution is 7.90. The van der Waals surface area contributed by atoms with E-state index in [1.165, 1.54) is 4.31 Å². The molecule has 116 valence electrons. The highest BCUT2D eigenvalue weighted by Crippen LogP contribution is 2.35. The van der Waals surface area contributed by atoms with Gasteiger partial charge in [-0.1, -0.05) is 12.1 Å². The Morgan fingerprint density at radius 1 is 1.19 bits per heavy atom. The molecule has 1 saturated heterocycles. The molecule has 2 fully saturated rings. The zero-order valence-electron chi connectivity index (χ0n) is 11.9. The number of anilines is 1. The molecule has 0 bridgehead atoms. The molecule has 0 aromatic heterocycles. The Morgan fingerprint density at radius 2 is 1.81 bits per heavy atom. The van der Waals surface area contributed by atoms with Gasteiger partial charge in [-0.25, -0.2) is 0 Å². The van der Waals surface area contributed by atoms with Crippen molar-refractivity contribution in [3.63, 3.8) is 0 Å². The molecule has 6 nitrogen and oxygen atoms in total. The van der Waals surface area contributed by atoms with Gasteiger partial charge in [0.1, 0.15) is 0 Å². The fourth-order valence-electron chi connectivity index (χ4n) is 2.52. The number of rotatable bonds is 5. The van der Waals surface area contributed by atoms with Crippen LogP contribution in [0.4, 0.5) is 5.69 Å². The second kappa shape index (κ2) is 5.92. The van der Waals surface area contributed by atoms with Crippen LogP contribution < -0.4 is 10.0 Å². The van der Waals surface area contributed by atoms with Crippen LogP contribution in [0.15, 0.2) is 24.3 Å². The molecular formula is C14H21N3O3S. The molecule has 0 unspecified atom stereocenters. The van der Waals surface area contributed by atoms with E-state index >= 15 is 0 Å². The van der Waals surface area contributed by atoms with Crippen molar-refractivity contribution in [3.05, 3.63) is 29.8 Å². The number of hydrogen-bond acceptors (Lipinski definition) is 4. The van der Waals surface area contributed by atoms with Crippen LogP contribution in [0.3, 0.4) is 0 Å². The molecule has 7 heteroatoms. The molecule has 0 amide bonds. The summed E-state index contributed by atoms with van der Waals surface area (Å²) in [6, 6.07) is 7.55. The van der Waals surface area contributed by atoms with Crippen molar-refractivity contribution < 1.29 is 13.2 Å². The van der Waals surface area contributed by atoms with Crippen molar-refractivity contribution in [1.82, 2.24) is 4.31 Å². The first-order valence-electron chi connectivity index (χ1n) is 7.29. The molecule has 1 aromatic rings. The van der Waals surface area contributed by atoms with Gasteiger partial charge in [0.05, 0.1) is 18.9 Å². The zero-order valence-corrected chi connectivity index (χ0v) is 12.8. The van der Waals surface area contributed by atoms with Crippen molar-refractivity contribution in [2.75, 3.05) is 30.6 Å². The molecule has 2 N–H and O–H groups in total.